The number of aryl methyl sites for hydroxylation is 1. The van der Waals surface area contributed by atoms with Gasteiger partial charge in [0.05, 0.1) is 12.8 Å². The fraction of sp³-hybridized carbons (Fsp3) is 0.267. The Morgan fingerprint density at radius 3 is 3.00 bits per heavy atom. The van der Waals surface area contributed by atoms with E-state index in [0.717, 1.165) is 11.3 Å². The summed E-state index contributed by atoms with van der Waals surface area (Å²) in [6, 6.07) is 9.24. The molecule has 7 heteroatoms. The number of benzene rings is 1. The topological polar surface area (TPSA) is 88.6 Å². The van der Waals surface area contributed by atoms with Crippen molar-refractivity contribution in [3.8, 4) is 5.75 Å². The summed E-state index contributed by atoms with van der Waals surface area (Å²) in [5, 5.41) is 13.4. The standard InChI is InChI=1S/C15H16N4O3/c1-9-7-14(18-17-9)16-15(20)13-8-11(19-22-13)10-5-3-4-6-12(10)21-2/h3-7,13H,8H2,1-2H3,(H2,16,17,18,20). The van der Waals surface area contributed by atoms with Crippen molar-refractivity contribution < 1.29 is 14.4 Å². The third-order valence-electron chi connectivity index (χ3n) is 3.34. The number of hydrogen-bond donors (Lipinski definition) is 2. The van der Waals surface area contributed by atoms with Gasteiger partial charge in [-0.25, -0.2) is 0 Å². The zero-order chi connectivity index (χ0) is 15.5. The van der Waals surface area contributed by atoms with E-state index in [1.54, 1.807) is 13.2 Å². The molecular formula is C15H16N4O3. The first kappa shape index (κ1) is 14.1. The number of nitrogens with one attached hydrogen (secondary N) is 2. The average molecular weight is 300 g/mol. The summed E-state index contributed by atoms with van der Waals surface area (Å²) < 4.78 is 5.30. The van der Waals surface area contributed by atoms with Gasteiger partial charge in [0.2, 0.25) is 6.10 Å². The molecule has 0 saturated carbocycles. The van der Waals surface area contributed by atoms with Crippen molar-refractivity contribution in [1.29, 1.82) is 0 Å². The molecule has 1 amide bonds. The molecular weight excluding hydrogens is 284 g/mol. The van der Waals surface area contributed by atoms with E-state index in [9.17, 15) is 4.79 Å². The van der Waals surface area contributed by atoms with Gasteiger partial charge in [-0.3, -0.25) is 9.89 Å². The van der Waals surface area contributed by atoms with E-state index in [-0.39, 0.29) is 5.91 Å². The van der Waals surface area contributed by atoms with Crippen LogP contribution in [0.5, 0.6) is 5.75 Å². The summed E-state index contributed by atoms with van der Waals surface area (Å²) in [5.74, 6) is 0.894. The molecule has 2 N–H and O–H groups in total. The third kappa shape index (κ3) is 2.78. The molecule has 1 aromatic carbocycles. The largest absolute Gasteiger partial charge is 0.496 e. The molecule has 0 spiro atoms. The zero-order valence-corrected chi connectivity index (χ0v) is 12.3. The molecule has 1 unspecified atom stereocenters. The number of nitrogens with zero attached hydrogens (tertiary/aromatic N) is 2. The number of hydrogen-bond acceptors (Lipinski definition) is 5. The minimum Gasteiger partial charge on any atom is -0.496 e. The molecule has 22 heavy (non-hydrogen) atoms. The highest BCUT2D eigenvalue weighted by Crippen LogP contribution is 2.24. The lowest BCUT2D eigenvalue weighted by atomic mass is 10.0. The number of aromatic nitrogens is 2. The second-order valence-electron chi connectivity index (χ2n) is 4.96. The molecule has 3 rings (SSSR count). The van der Waals surface area contributed by atoms with Gasteiger partial charge >= 0.3 is 0 Å². The Morgan fingerprint density at radius 2 is 2.27 bits per heavy atom. The number of aromatic amines is 1. The highest BCUT2D eigenvalue weighted by Gasteiger charge is 2.30. The lowest BCUT2D eigenvalue weighted by molar-refractivity contribution is -0.125. The minimum atomic E-state index is -0.670. The third-order valence-corrected chi connectivity index (χ3v) is 3.34. The SMILES string of the molecule is COc1ccccc1C1=NOC(C(=O)Nc2cc(C)[nH]n2)C1. The number of carbonyl (C=O) groups excluding carboxylic acids is 1. The Labute approximate surface area is 127 Å². The van der Waals surface area contributed by atoms with Crippen molar-refractivity contribution in [2.45, 2.75) is 19.4 Å². The minimum absolute atomic E-state index is 0.278. The van der Waals surface area contributed by atoms with Gasteiger partial charge in [-0.1, -0.05) is 17.3 Å². The summed E-state index contributed by atoms with van der Waals surface area (Å²) in [6.07, 6.45) is -0.285. The van der Waals surface area contributed by atoms with Crippen LogP contribution < -0.4 is 10.1 Å². The van der Waals surface area contributed by atoms with Gasteiger partial charge in [-0.15, -0.1) is 0 Å². The van der Waals surface area contributed by atoms with E-state index in [2.05, 4.69) is 20.7 Å². The molecule has 0 radical (unpaired) electrons. The molecule has 114 valence electrons. The molecule has 0 aliphatic carbocycles. The van der Waals surface area contributed by atoms with Crippen LogP contribution in [0.1, 0.15) is 17.7 Å². The van der Waals surface area contributed by atoms with Crippen LogP contribution in [0.4, 0.5) is 5.82 Å². The van der Waals surface area contributed by atoms with Crippen molar-refractivity contribution in [1.82, 2.24) is 10.2 Å². The molecule has 2 aromatic rings. The van der Waals surface area contributed by atoms with Crippen molar-refractivity contribution in [3.63, 3.8) is 0 Å². The number of methoxy groups -OCH3 is 1. The molecule has 2 heterocycles. The maximum absolute atomic E-state index is 12.2. The van der Waals surface area contributed by atoms with Crippen LogP contribution in [0.3, 0.4) is 0 Å². The Balaban J connectivity index is 1.67. The molecule has 0 saturated heterocycles. The fourth-order valence-corrected chi connectivity index (χ4v) is 2.25. The summed E-state index contributed by atoms with van der Waals surface area (Å²) in [7, 11) is 1.60. The number of amides is 1. The van der Waals surface area contributed by atoms with Gasteiger partial charge in [0.25, 0.3) is 5.91 Å². The summed E-state index contributed by atoms with van der Waals surface area (Å²) in [4.78, 5) is 17.4. The molecule has 0 fully saturated rings. The quantitative estimate of drug-likeness (QED) is 0.902. The summed E-state index contributed by atoms with van der Waals surface area (Å²) >= 11 is 0. The predicted molar refractivity (Wildman–Crippen MR) is 81.0 cm³/mol. The van der Waals surface area contributed by atoms with Gasteiger partial charge in [0.15, 0.2) is 5.82 Å². The van der Waals surface area contributed by atoms with E-state index >= 15 is 0 Å². The van der Waals surface area contributed by atoms with E-state index in [0.29, 0.717) is 23.7 Å². The van der Waals surface area contributed by atoms with Crippen LogP contribution >= 0.6 is 0 Å². The van der Waals surface area contributed by atoms with E-state index < -0.39 is 6.10 Å². The lowest BCUT2D eigenvalue weighted by Crippen LogP contribution is -2.28. The van der Waals surface area contributed by atoms with E-state index in [4.69, 9.17) is 9.57 Å². The van der Waals surface area contributed by atoms with Crippen LogP contribution in [0.25, 0.3) is 0 Å². The smallest absolute Gasteiger partial charge is 0.269 e. The van der Waals surface area contributed by atoms with Crippen molar-refractivity contribution in [2.24, 2.45) is 5.16 Å². The van der Waals surface area contributed by atoms with Crippen LogP contribution in [0.15, 0.2) is 35.5 Å². The Kier molecular flexibility index (Phi) is 3.78. The normalized spacial score (nSPS) is 16.8. The van der Waals surface area contributed by atoms with Crippen LogP contribution in [0.2, 0.25) is 0 Å². The Hall–Kier alpha value is -2.83. The van der Waals surface area contributed by atoms with E-state index in [1.807, 2.05) is 31.2 Å². The number of carbonyl (C=O) groups is 1. The first-order valence-corrected chi connectivity index (χ1v) is 6.86. The molecule has 1 aromatic heterocycles. The Bertz CT molecular complexity index is 723. The highest BCUT2D eigenvalue weighted by atomic mass is 16.6. The number of rotatable bonds is 4. The maximum Gasteiger partial charge on any atom is 0.269 e. The molecule has 1 aliphatic heterocycles. The number of H-pyrrole nitrogens is 1. The number of anilines is 1. The number of para-hydroxylation sites is 1. The number of oxime groups is 1. The maximum atomic E-state index is 12.2. The highest BCUT2D eigenvalue weighted by molar-refractivity contribution is 6.07. The second kappa shape index (κ2) is 5.88. The second-order valence-corrected chi connectivity index (χ2v) is 4.96. The summed E-state index contributed by atoms with van der Waals surface area (Å²) in [5.41, 5.74) is 2.39. The molecule has 1 atom stereocenters. The van der Waals surface area contributed by atoms with Crippen molar-refractivity contribution >= 4 is 17.4 Å². The van der Waals surface area contributed by atoms with E-state index in [1.165, 1.54) is 0 Å². The van der Waals surface area contributed by atoms with Crippen molar-refractivity contribution in [2.75, 3.05) is 12.4 Å². The lowest BCUT2D eigenvalue weighted by Gasteiger charge is -2.08. The fourth-order valence-electron chi connectivity index (χ4n) is 2.25. The molecule has 0 bridgehead atoms. The first-order chi connectivity index (χ1) is 10.7. The van der Waals surface area contributed by atoms with Gasteiger partial charge in [-0.2, -0.15) is 5.10 Å². The van der Waals surface area contributed by atoms with Crippen molar-refractivity contribution in [3.05, 3.63) is 41.6 Å². The van der Waals surface area contributed by atoms with Crippen LogP contribution in [-0.4, -0.2) is 35.0 Å². The average Bonchev–Trinajstić information content (AvgIpc) is 3.16. The van der Waals surface area contributed by atoms with Crippen LogP contribution in [-0.2, 0) is 9.63 Å². The monoisotopic (exact) mass is 300 g/mol. The zero-order valence-electron chi connectivity index (χ0n) is 12.3. The summed E-state index contributed by atoms with van der Waals surface area (Å²) in [6.45, 7) is 1.86. The predicted octanol–water partition coefficient (Wildman–Crippen LogP) is 1.86. The van der Waals surface area contributed by atoms with Gasteiger partial charge in [-0.05, 0) is 19.1 Å². The number of ether oxygens (including phenoxy) is 1. The van der Waals surface area contributed by atoms with Crippen LogP contribution in [0, 0.1) is 6.92 Å². The van der Waals surface area contributed by atoms with Gasteiger partial charge < -0.3 is 14.9 Å². The Morgan fingerprint density at radius 1 is 1.45 bits per heavy atom. The first-order valence-electron chi connectivity index (χ1n) is 6.86. The molecule has 7 nitrogen and oxygen atoms in total. The van der Waals surface area contributed by atoms with Gasteiger partial charge in [0, 0.05) is 23.7 Å². The molecule has 1 aliphatic rings. The van der Waals surface area contributed by atoms with Gasteiger partial charge in [0.1, 0.15) is 5.75 Å².